The first-order valence-electron chi connectivity index (χ1n) is 8.01. The van der Waals surface area contributed by atoms with E-state index in [9.17, 15) is 4.79 Å². The molecule has 1 amide bonds. The number of amides is 1. The number of hydrogen-bond acceptors (Lipinski definition) is 3. The molecule has 0 radical (unpaired) electrons. The number of rotatable bonds is 2. The third-order valence-electron chi connectivity index (χ3n) is 5.34. The molecule has 0 bridgehead atoms. The lowest BCUT2D eigenvalue weighted by molar-refractivity contribution is -0.135. The van der Waals surface area contributed by atoms with Crippen molar-refractivity contribution in [2.45, 2.75) is 57.0 Å². The van der Waals surface area contributed by atoms with E-state index in [0.29, 0.717) is 24.3 Å². The Morgan fingerprint density at radius 2 is 1.76 bits per heavy atom. The minimum Gasteiger partial charge on any atom is -0.340 e. The van der Waals surface area contributed by atoms with Crippen LogP contribution in [-0.4, -0.2) is 54.0 Å². The van der Waals surface area contributed by atoms with Crippen molar-refractivity contribution in [2.24, 2.45) is 11.7 Å². The molecule has 2 N–H and O–H groups in total. The van der Waals surface area contributed by atoms with Crippen molar-refractivity contribution in [3.05, 3.63) is 0 Å². The van der Waals surface area contributed by atoms with Crippen LogP contribution in [-0.2, 0) is 4.79 Å². The maximum atomic E-state index is 12.5. The first-order chi connectivity index (χ1) is 9.24. The van der Waals surface area contributed by atoms with Gasteiger partial charge in [0.1, 0.15) is 0 Å². The van der Waals surface area contributed by atoms with Gasteiger partial charge in [-0.15, -0.1) is 24.8 Å². The van der Waals surface area contributed by atoms with Gasteiger partial charge in [0.15, 0.2) is 0 Å². The van der Waals surface area contributed by atoms with Gasteiger partial charge in [0.05, 0.1) is 0 Å². The molecule has 3 atom stereocenters. The number of nitrogens with zero attached hydrogens (tertiary/aromatic N) is 2. The molecular weight excluding hydrogens is 309 g/mol. The third kappa shape index (κ3) is 4.47. The van der Waals surface area contributed by atoms with E-state index in [1.807, 2.05) is 0 Å². The SMILES string of the molecule is Cl.Cl.NC1CCCCC1CC(=O)N1CCN2CCCC2C1. The van der Waals surface area contributed by atoms with Gasteiger partial charge in [-0.3, -0.25) is 9.69 Å². The van der Waals surface area contributed by atoms with Crippen molar-refractivity contribution < 1.29 is 4.79 Å². The summed E-state index contributed by atoms with van der Waals surface area (Å²) in [4.78, 5) is 17.1. The van der Waals surface area contributed by atoms with E-state index in [2.05, 4.69) is 9.80 Å². The van der Waals surface area contributed by atoms with Gasteiger partial charge in [0, 0.05) is 38.1 Å². The predicted octanol–water partition coefficient (Wildman–Crippen LogP) is 2.04. The molecule has 3 fully saturated rings. The maximum absolute atomic E-state index is 12.5. The third-order valence-corrected chi connectivity index (χ3v) is 5.34. The lowest BCUT2D eigenvalue weighted by atomic mass is 9.82. The van der Waals surface area contributed by atoms with Crippen molar-refractivity contribution in [2.75, 3.05) is 26.2 Å². The Morgan fingerprint density at radius 1 is 1.00 bits per heavy atom. The van der Waals surface area contributed by atoms with E-state index in [1.165, 1.54) is 32.2 Å². The maximum Gasteiger partial charge on any atom is 0.223 e. The number of hydrogen-bond donors (Lipinski definition) is 1. The summed E-state index contributed by atoms with van der Waals surface area (Å²) in [5, 5.41) is 0. The first kappa shape index (κ1) is 19.0. The molecule has 3 unspecified atom stereocenters. The van der Waals surface area contributed by atoms with Crippen LogP contribution in [0.3, 0.4) is 0 Å². The summed E-state index contributed by atoms with van der Waals surface area (Å²) in [6.07, 6.45) is 8.01. The second-order valence-electron chi connectivity index (χ2n) is 6.58. The average molecular weight is 338 g/mol. The van der Waals surface area contributed by atoms with E-state index >= 15 is 0 Å². The topological polar surface area (TPSA) is 49.6 Å². The zero-order valence-electron chi connectivity index (χ0n) is 12.7. The first-order valence-corrected chi connectivity index (χ1v) is 8.01. The van der Waals surface area contributed by atoms with Crippen LogP contribution in [0.25, 0.3) is 0 Å². The van der Waals surface area contributed by atoms with E-state index in [1.54, 1.807) is 0 Å². The zero-order chi connectivity index (χ0) is 13.2. The Labute approximate surface area is 140 Å². The van der Waals surface area contributed by atoms with E-state index in [4.69, 9.17) is 5.73 Å². The fraction of sp³-hybridized carbons (Fsp3) is 0.933. The molecule has 2 saturated heterocycles. The molecule has 3 aliphatic rings. The number of nitrogens with two attached hydrogens (primary N) is 1. The predicted molar refractivity (Wildman–Crippen MR) is 90.2 cm³/mol. The molecule has 6 heteroatoms. The molecule has 1 aliphatic carbocycles. The molecule has 0 spiro atoms. The second-order valence-corrected chi connectivity index (χ2v) is 6.58. The molecule has 4 nitrogen and oxygen atoms in total. The molecule has 2 aliphatic heterocycles. The average Bonchev–Trinajstić information content (AvgIpc) is 2.88. The summed E-state index contributed by atoms with van der Waals surface area (Å²) < 4.78 is 0. The summed E-state index contributed by atoms with van der Waals surface area (Å²) in [6, 6.07) is 0.892. The highest BCUT2D eigenvalue weighted by Crippen LogP contribution is 2.27. The smallest absolute Gasteiger partial charge is 0.223 e. The Kier molecular flexibility index (Phi) is 7.75. The molecule has 21 heavy (non-hydrogen) atoms. The van der Waals surface area contributed by atoms with Crippen LogP contribution in [0, 0.1) is 5.92 Å². The lowest BCUT2D eigenvalue weighted by Gasteiger charge is -2.38. The molecular formula is C15H29Cl2N3O. The molecule has 3 rings (SSSR count). The Bertz CT molecular complexity index is 343. The van der Waals surface area contributed by atoms with Gasteiger partial charge in [-0.2, -0.15) is 0 Å². The normalized spacial score (nSPS) is 32.8. The van der Waals surface area contributed by atoms with Crippen molar-refractivity contribution >= 4 is 30.7 Å². The molecule has 124 valence electrons. The van der Waals surface area contributed by atoms with Gasteiger partial charge >= 0.3 is 0 Å². The Balaban J connectivity index is 0.00000110. The van der Waals surface area contributed by atoms with Gasteiger partial charge in [0.25, 0.3) is 0 Å². The Morgan fingerprint density at radius 3 is 2.52 bits per heavy atom. The van der Waals surface area contributed by atoms with Crippen LogP contribution in [0.15, 0.2) is 0 Å². The summed E-state index contributed by atoms with van der Waals surface area (Å²) in [5.41, 5.74) is 6.16. The summed E-state index contributed by atoms with van der Waals surface area (Å²) in [6.45, 7) is 4.20. The highest BCUT2D eigenvalue weighted by molar-refractivity contribution is 5.85. The largest absolute Gasteiger partial charge is 0.340 e. The van der Waals surface area contributed by atoms with Crippen molar-refractivity contribution in [3.63, 3.8) is 0 Å². The number of fused-ring (bicyclic) bond motifs is 1. The van der Waals surface area contributed by atoms with Crippen molar-refractivity contribution in [1.82, 2.24) is 9.80 Å². The molecule has 0 aromatic heterocycles. The summed E-state index contributed by atoms with van der Waals surface area (Å²) in [5.74, 6) is 0.789. The van der Waals surface area contributed by atoms with Gasteiger partial charge in [0.2, 0.25) is 5.91 Å². The van der Waals surface area contributed by atoms with Crippen molar-refractivity contribution in [3.8, 4) is 0 Å². The van der Waals surface area contributed by atoms with Crippen LogP contribution < -0.4 is 5.73 Å². The second kappa shape index (κ2) is 8.56. The monoisotopic (exact) mass is 337 g/mol. The summed E-state index contributed by atoms with van der Waals surface area (Å²) >= 11 is 0. The quantitative estimate of drug-likeness (QED) is 0.838. The molecule has 0 aromatic rings. The van der Waals surface area contributed by atoms with Crippen LogP contribution >= 0.6 is 24.8 Å². The number of carbonyl (C=O) groups excluding carboxylic acids is 1. The number of piperazine rings is 1. The van der Waals surface area contributed by atoms with Crippen LogP contribution in [0.1, 0.15) is 44.9 Å². The highest BCUT2D eigenvalue weighted by atomic mass is 35.5. The van der Waals surface area contributed by atoms with Crippen LogP contribution in [0.4, 0.5) is 0 Å². The molecule has 0 aromatic carbocycles. The standard InChI is InChI=1S/C15H27N3O.2ClH/c16-14-6-2-1-4-12(14)10-15(19)18-9-8-17-7-3-5-13(17)11-18;;/h12-14H,1-11,16H2;2*1H. The van der Waals surface area contributed by atoms with Gasteiger partial charge < -0.3 is 10.6 Å². The van der Waals surface area contributed by atoms with Gasteiger partial charge in [-0.05, 0) is 38.1 Å². The van der Waals surface area contributed by atoms with Crippen LogP contribution in [0.5, 0.6) is 0 Å². The molecule has 2 heterocycles. The fourth-order valence-electron chi connectivity index (χ4n) is 4.06. The van der Waals surface area contributed by atoms with E-state index in [0.717, 1.165) is 32.5 Å². The minimum absolute atomic E-state index is 0. The highest BCUT2D eigenvalue weighted by Gasteiger charge is 2.33. The zero-order valence-corrected chi connectivity index (χ0v) is 14.3. The van der Waals surface area contributed by atoms with E-state index < -0.39 is 0 Å². The van der Waals surface area contributed by atoms with Crippen LogP contribution in [0.2, 0.25) is 0 Å². The number of carbonyl (C=O) groups is 1. The minimum atomic E-state index is 0. The van der Waals surface area contributed by atoms with E-state index in [-0.39, 0.29) is 30.9 Å². The lowest BCUT2D eigenvalue weighted by Crippen LogP contribution is -2.52. The van der Waals surface area contributed by atoms with Gasteiger partial charge in [-0.1, -0.05) is 12.8 Å². The summed E-state index contributed by atoms with van der Waals surface area (Å²) in [7, 11) is 0. The van der Waals surface area contributed by atoms with Gasteiger partial charge in [-0.25, -0.2) is 0 Å². The Hall–Kier alpha value is -0.0300. The van der Waals surface area contributed by atoms with Crippen molar-refractivity contribution in [1.29, 1.82) is 0 Å². The number of halogens is 2. The molecule has 1 saturated carbocycles. The fourth-order valence-corrected chi connectivity index (χ4v) is 4.06.